The number of halogens is 2. The molecule has 0 radical (unpaired) electrons. The van der Waals surface area contributed by atoms with Crippen LogP contribution in [0.15, 0.2) is 23.1 Å². The van der Waals surface area contributed by atoms with Gasteiger partial charge in [-0.15, -0.1) is 0 Å². The molecule has 1 fully saturated rings. The predicted molar refractivity (Wildman–Crippen MR) is 76.5 cm³/mol. The molecule has 0 heterocycles. The van der Waals surface area contributed by atoms with Gasteiger partial charge in [-0.25, -0.2) is 17.9 Å². The molecule has 0 aromatic heterocycles. The minimum atomic E-state index is -3.76. The van der Waals surface area contributed by atoms with Crippen molar-refractivity contribution in [3.63, 3.8) is 0 Å². The summed E-state index contributed by atoms with van der Waals surface area (Å²) in [6.45, 7) is 0. The maximum absolute atomic E-state index is 12.1. The zero-order chi connectivity index (χ0) is 14.9. The number of aliphatic carboxylic acids is 1. The lowest BCUT2D eigenvalue weighted by Gasteiger charge is -2.10. The Morgan fingerprint density at radius 1 is 1.30 bits per heavy atom. The second-order valence-electron chi connectivity index (χ2n) is 4.38. The number of carboxylic acids is 1. The fourth-order valence-electron chi connectivity index (χ4n) is 1.58. The van der Waals surface area contributed by atoms with E-state index in [9.17, 15) is 13.2 Å². The fourth-order valence-corrected chi connectivity index (χ4v) is 4.12. The smallest absolute Gasteiger partial charge is 0.328 e. The van der Waals surface area contributed by atoms with Crippen LogP contribution in [-0.2, 0) is 14.8 Å². The van der Waals surface area contributed by atoms with Gasteiger partial charge in [-0.1, -0.05) is 23.2 Å². The third-order valence-electron chi connectivity index (χ3n) is 2.61. The van der Waals surface area contributed by atoms with Crippen LogP contribution >= 0.6 is 23.2 Å². The Hall–Kier alpha value is -1.08. The van der Waals surface area contributed by atoms with E-state index in [1.165, 1.54) is 18.2 Å². The van der Waals surface area contributed by atoms with Crippen molar-refractivity contribution in [2.24, 2.45) is 0 Å². The molecule has 0 aliphatic heterocycles. The molecule has 0 saturated heterocycles. The minimum Gasteiger partial charge on any atom is -0.478 e. The van der Waals surface area contributed by atoms with Crippen LogP contribution < -0.4 is 4.72 Å². The number of hydrogen-bond acceptors (Lipinski definition) is 3. The molecular formula is C12H11Cl2NO4S. The molecule has 0 atom stereocenters. The summed E-state index contributed by atoms with van der Waals surface area (Å²) < 4.78 is 26.7. The first-order valence-corrected chi connectivity index (χ1v) is 7.96. The Balaban J connectivity index is 2.38. The van der Waals surface area contributed by atoms with Gasteiger partial charge < -0.3 is 5.11 Å². The Morgan fingerprint density at radius 3 is 2.30 bits per heavy atom. The standard InChI is InChI=1S/C12H11Cl2NO4S/c13-9-5-7(1-4-11(16)17)6-10(14)12(9)20(18,19)15-8-2-3-8/h1,4-6,8,15H,2-3H2,(H,16,17). The van der Waals surface area contributed by atoms with E-state index >= 15 is 0 Å². The summed E-state index contributed by atoms with van der Waals surface area (Å²) in [6, 6.07) is 2.65. The molecule has 1 aliphatic rings. The van der Waals surface area contributed by atoms with Crippen molar-refractivity contribution in [3.8, 4) is 0 Å². The maximum Gasteiger partial charge on any atom is 0.328 e. The summed E-state index contributed by atoms with van der Waals surface area (Å²) in [6.07, 6.45) is 3.80. The molecule has 0 bridgehead atoms. The monoisotopic (exact) mass is 335 g/mol. The van der Waals surface area contributed by atoms with E-state index in [-0.39, 0.29) is 21.0 Å². The molecule has 20 heavy (non-hydrogen) atoms. The summed E-state index contributed by atoms with van der Waals surface area (Å²) in [5.74, 6) is -1.12. The normalized spacial score (nSPS) is 15.7. The van der Waals surface area contributed by atoms with Gasteiger partial charge in [0.25, 0.3) is 0 Å². The van der Waals surface area contributed by atoms with Crippen LogP contribution in [-0.4, -0.2) is 25.5 Å². The molecular weight excluding hydrogens is 325 g/mol. The SMILES string of the molecule is O=C(O)C=Cc1cc(Cl)c(S(=O)(=O)NC2CC2)c(Cl)c1. The van der Waals surface area contributed by atoms with Crippen LogP contribution in [0.5, 0.6) is 0 Å². The van der Waals surface area contributed by atoms with E-state index in [1.807, 2.05) is 0 Å². The van der Waals surface area contributed by atoms with Crippen molar-refractivity contribution in [1.29, 1.82) is 0 Å². The van der Waals surface area contributed by atoms with Gasteiger partial charge in [-0.3, -0.25) is 0 Å². The topological polar surface area (TPSA) is 83.5 Å². The van der Waals surface area contributed by atoms with E-state index in [0.29, 0.717) is 5.56 Å². The first-order valence-electron chi connectivity index (χ1n) is 5.72. The summed E-state index contributed by atoms with van der Waals surface area (Å²) in [5.41, 5.74) is 0.410. The molecule has 108 valence electrons. The quantitative estimate of drug-likeness (QED) is 0.810. The molecule has 0 spiro atoms. The number of carbonyl (C=O) groups is 1. The molecule has 0 amide bonds. The van der Waals surface area contributed by atoms with Crippen molar-refractivity contribution in [3.05, 3.63) is 33.8 Å². The van der Waals surface area contributed by atoms with Crippen molar-refractivity contribution in [2.45, 2.75) is 23.8 Å². The van der Waals surface area contributed by atoms with Crippen LogP contribution in [0.4, 0.5) is 0 Å². The minimum absolute atomic E-state index is 0.0457. The lowest BCUT2D eigenvalue weighted by molar-refractivity contribution is -0.131. The van der Waals surface area contributed by atoms with Gasteiger partial charge in [0.2, 0.25) is 10.0 Å². The number of nitrogens with one attached hydrogen (secondary N) is 1. The zero-order valence-corrected chi connectivity index (χ0v) is 12.5. The highest BCUT2D eigenvalue weighted by Gasteiger charge is 2.30. The maximum atomic E-state index is 12.1. The highest BCUT2D eigenvalue weighted by Crippen LogP contribution is 2.33. The second kappa shape index (κ2) is 5.73. The molecule has 2 rings (SSSR count). The largest absolute Gasteiger partial charge is 0.478 e. The highest BCUT2D eigenvalue weighted by atomic mass is 35.5. The van der Waals surface area contributed by atoms with E-state index in [4.69, 9.17) is 28.3 Å². The van der Waals surface area contributed by atoms with Gasteiger partial charge in [-0.05, 0) is 36.6 Å². The molecule has 1 aromatic rings. The first-order chi connectivity index (χ1) is 9.29. The van der Waals surface area contributed by atoms with Crippen molar-refractivity contribution in [1.82, 2.24) is 4.72 Å². The van der Waals surface area contributed by atoms with E-state index in [2.05, 4.69) is 4.72 Å². The van der Waals surface area contributed by atoms with E-state index in [1.54, 1.807) is 0 Å². The van der Waals surface area contributed by atoms with Gasteiger partial charge in [0, 0.05) is 12.1 Å². The summed E-state index contributed by atoms with van der Waals surface area (Å²) >= 11 is 11.9. The number of hydrogen-bond donors (Lipinski definition) is 2. The Bertz CT molecular complexity index is 658. The van der Waals surface area contributed by atoms with Crippen molar-refractivity contribution >= 4 is 45.3 Å². The molecule has 2 N–H and O–H groups in total. The first kappa shape index (κ1) is 15.3. The summed E-state index contributed by atoms with van der Waals surface area (Å²) in [4.78, 5) is 10.3. The average Bonchev–Trinajstić information content (AvgIpc) is 3.08. The third kappa shape index (κ3) is 3.73. The van der Waals surface area contributed by atoms with E-state index < -0.39 is 16.0 Å². The lowest BCUT2D eigenvalue weighted by Crippen LogP contribution is -2.26. The summed E-state index contributed by atoms with van der Waals surface area (Å²) in [5, 5.41) is 8.45. The third-order valence-corrected chi connectivity index (χ3v) is 5.05. The summed E-state index contributed by atoms with van der Waals surface area (Å²) in [7, 11) is -3.76. The van der Waals surface area contributed by atoms with Gasteiger partial charge >= 0.3 is 5.97 Å². The van der Waals surface area contributed by atoms with Crippen LogP contribution in [0.1, 0.15) is 18.4 Å². The van der Waals surface area contributed by atoms with Crippen LogP contribution in [0.2, 0.25) is 10.0 Å². The average molecular weight is 336 g/mol. The highest BCUT2D eigenvalue weighted by molar-refractivity contribution is 7.89. The molecule has 8 heteroatoms. The van der Waals surface area contributed by atoms with Gasteiger partial charge in [-0.2, -0.15) is 0 Å². The number of carboxylic acid groups (broad SMARTS) is 1. The molecule has 5 nitrogen and oxygen atoms in total. The van der Waals surface area contributed by atoms with Crippen molar-refractivity contribution < 1.29 is 18.3 Å². The van der Waals surface area contributed by atoms with Crippen molar-refractivity contribution in [2.75, 3.05) is 0 Å². The zero-order valence-electron chi connectivity index (χ0n) is 10.1. The molecule has 1 aromatic carbocycles. The Kier molecular flexibility index (Phi) is 4.39. The van der Waals surface area contributed by atoms with Gasteiger partial charge in [0.05, 0.1) is 10.0 Å². The molecule has 1 saturated carbocycles. The van der Waals surface area contributed by atoms with Gasteiger partial charge in [0.1, 0.15) is 4.90 Å². The number of benzene rings is 1. The Labute approximate surface area is 126 Å². The number of rotatable bonds is 5. The lowest BCUT2D eigenvalue weighted by atomic mass is 10.2. The van der Waals surface area contributed by atoms with Crippen LogP contribution in [0.3, 0.4) is 0 Å². The number of sulfonamides is 1. The molecule has 1 aliphatic carbocycles. The Morgan fingerprint density at radius 2 is 1.85 bits per heavy atom. The second-order valence-corrected chi connectivity index (χ2v) is 6.85. The van der Waals surface area contributed by atoms with Gasteiger partial charge in [0.15, 0.2) is 0 Å². The predicted octanol–water partition coefficient (Wildman–Crippen LogP) is 2.53. The van der Waals surface area contributed by atoms with Crippen LogP contribution in [0, 0.1) is 0 Å². The van der Waals surface area contributed by atoms with E-state index in [0.717, 1.165) is 18.9 Å². The molecule has 0 unspecified atom stereocenters. The van der Waals surface area contributed by atoms with Crippen LogP contribution in [0.25, 0.3) is 6.08 Å². The fraction of sp³-hybridized carbons (Fsp3) is 0.250.